The molecule has 0 aliphatic carbocycles. The van der Waals surface area contributed by atoms with Crippen molar-refractivity contribution in [2.45, 2.75) is 62.9 Å². The number of aryl methyl sites for hydroxylation is 3. The van der Waals surface area contributed by atoms with Crippen LogP contribution < -0.4 is 10.5 Å². The van der Waals surface area contributed by atoms with Gasteiger partial charge >= 0.3 is 18.1 Å². The molecule has 4 aromatic rings. The van der Waals surface area contributed by atoms with Gasteiger partial charge in [0.2, 0.25) is 10.0 Å². The van der Waals surface area contributed by atoms with E-state index in [1.54, 1.807) is 36.0 Å². The normalized spacial score (nSPS) is 17.4. The fourth-order valence-corrected chi connectivity index (χ4v) is 6.93. The summed E-state index contributed by atoms with van der Waals surface area (Å²) in [5.74, 6) is -4.24. The van der Waals surface area contributed by atoms with Crippen molar-refractivity contribution >= 4 is 33.0 Å². The fraction of sp³-hybridized carbons (Fsp3) is 0.355. The highest BCUT2D eigenvalue weighted by Crippen LogP contribution is 2.36. The molecule has 16 heteroatoms. The summed E-state index contributed by atoms with van der Waals surface area (Å²) in [4.78, 5) is 21.2. The van der Waals surface area contributed by atoms with Crippen LogP contribution in [0.15, 0.2) is 59.5 Å². The zero-order chi connectivity index (χ0) is 34.8. The van der Waals surface area contributed by atoms with Gasteiger partial charge in [0.25, 0.3) is 0 Å². The molecule has 0 fully saturated rings. The van der Waals surface area contributed by atoms with Gasteiger partial charge in [-0.2, -0.15) is 17.5 Å². The molecule has 5 rings (SSSR count). The molecule has 3 aromatic carbocycles. The van der Waals surface area contributed by atoms with Crippen molar-refractivity contribution in [2.75, 3.05) is 6.54 Å². The molecule has 2 heterocycles. The number of aliphatic carboxylic acids is 2. The summed E-state index contributed by atoms with van der Waals surface area (Å²) < 4.78 is 68.4. The van der Waals surface area contributed by atoms with Gasteiger partial charge in [-0.3, -0.25) is 4.79 Å². The lowest BCUT2D eigenvalue weighted by atomic mass is 9.82. The predicted octanol–water partition coefficient (Wildman–Crippen LogP) is 4.12. The van der Waals surface area contributed by atoms with E-state index in [9.17, 15) is 31.5 Å². The summed E-state index contributed by atoms with van der Waals surface area (Å²) in [5, 5.41) is 25.4. The Bertz CT molecular complexity index is 1910. The van der Waals surface area contributed by atoms with Crippen molar-refractivity contribution in [3.63, 3.8) is 0 Å². The summed E-state index contributed by atoms with van der Waals surface area (Å²) in [5.41, 5.74) is 11.7. The second kappa shape index (κ2) is 13.7. The topological polar surface area (TPSA) is 178 Å². The summed E-state index contributed by atoms with van der Waals surface area (Å²) >= 11 is 0. The number of sulfonamides is 1. The third-order valence-corrected chi connectivity index (χ3v) is 9.85. The first-order valence-corrected chi connectivity index (χ1v) is 15.8. The molecule has 1 aromatic heterocycles. The number of hydrogen-bond acceptors (Lipinski definition) is 8. The average molecular weight is 678 g/mol. The first-order valence-electron chi connectivity index (χ1n) is 14.4. The first kappa shape index (κ1) is 35.3. The molecule has 47 heavy (non-hydrogen) atoms. The molecule has 2 unspecified atom stereocenters. The molecule has 0 amide bonds. The van der Waals surface area contributed by atoms with Crippen molar-refractivity contribution in [2.24, 2.45) is 12.8 Å². The Morgan fingerprint density at radius 3 is 2.38 bits per heavy atom. The molecule has 252 valence electrons. The zero-order valence-electron chi connectivity index (χ0n) is 25.9. The quantitative estimate of drug-likeness (QED) is 0.258. The van der Waals surface area contributed by atoms with Crippen LogP contribution in [-0.2, 0) is 33.2 Å². The van der Waals surface area contributed by atoms with Crippen molar-refractivity contribution < 1.29 is 46.1 Å². The van der Waals surface area contributed by atoms with E-state index in [0.29, 0.717) is 23.3 Å². The molecule has 4 N–H and O–H groups in total. The second-order valence-corrected chi connectivity index (χ2v) is 13.0. The van der Waals surface area contributed by atoms with Gasteiger partial charge in [-0.1, -0.05) is 48.5 Å². The van der Waals surface area contributed by atoms with Crippen LogP contribution in [-0.4, -0.2) is 74.7 Å². The van der Waals surface area contributed by atoms with E-state index < -0.39 is 40.1 Å². The van der Waals surface area contributed by atoms with Gasteiger partial charge in [-0.25, -0.2) is 17.9 Å². The van der Waals surface area contributed by atoms with E-state index >= 15 is 0 Å². The number of halogens is 3. The molecule has 0 radical (unpaired) electrons. The van der Waals surface area contributed by atoms with Crippen molar-refractivity contribution in [1.82, 2.24) is 19.3 Å². The standard InChI is InChI=1S/C29H33N5O5S.C2HF3O2/c1-5-21-16-34(40(37,38)25-9-7-6-8-24(25)39-21)15-20-14-19(11-10-17(20)2)26(27(30)29(35)36)22-12-13-23-28(18(22)3)31-32-33(23)4;3-2(4,5)1(6)7/h6-14,21,26-27H,5,15-16,30H2,1-4H3,(H,35,36);(H,6,7)/t21-,26?,27?;/m1./s1. The van der Waals surface area contributed by atoms with E-state index in [2.05, 4.69) is 10.3 Å². The third kappa shape index (κ3) is 7.39. The number of para-hydroxylation sites is 1. The van der Waals surface area contributed by atoms with Gasteiger partial charge in [0.15, 0.2) is 0 Å². The number of benzene rings is 3. The first-order chi connectivity index (χ1) is 22.0. The minimum Gasteiger partial charge on any atom is -0.488 e. The van der Waals surface area contributed by atoms with Gasteiger partial charge in [0.05, 0.1) is 12.1 Å². The van der Waals surface area contributed by atoms with Crippen LogP contribution in [0, 0.1) is 13.8 Å². The number of carbonyl (C=O) groups is 2. The number of nitrogens with zero attached hydrogens (tertiary/aromatic N) is 4. The number of ether oxygens (including phenoxy) is 1. The maximum absolute atomic E-state index is 13.7. The van der Waals surface area contributed by atoms with Crippen molar-refractivity contribution in [1.29, 1.82) is 0 Å². The van der Waals surface area contributed by atoms with Gasteiger partial charge in [0, 0.05) is 19.5 Å². The Balaban J connectivity index is 0.000000644. The van der Waals surface area contributed by atoms with E-state index in [-0.39, 0.29) is 24.1 Å². The Morgan fingerprint density at radius 1 is 1.11 bits per heavy atom. The number of alkyl halides is 3. The molecular weight excluding hydrogens is 643 g/mol. The summed E-state index contributed by atoms with van der Waals surface area (Å²) in [6, 6.07) is 14.8. The zero-order valence-corrected chi connectivity index (χ0v) is 26.7. The lowest BCUT2D eigenvalue weighted by Crippen LogP contribution is -2.38. The third-order valence-electron chi connectivity index (χ3n) is 8.00. The number of fused-ring (bicyclic) bond motifs is 2. The van der Waals surface area contributed by atoms with E-state index in [0.717, 1.165) is 27.8 Å². The van der Waals surface area contributed by atoms with Crippen LogP contribution in [0.5, 0.6) is 5.75 Å². The Morgan fingerprint density at radius 2 is 1.77 bits per heavy atom. The smallest absolute Gasteiger partial charge is 0.488 e. The highest BCUT2D eigenvalue weighted by Gasteiger charge is 2.38. The Hall–Kier alpha value is -4.54. The van der Waals surface area contributed by atoms with Gasteiger partial charge < -0.3 is 20.7 Å². The number of aromatic nitrogens is 3. The van der Waals surface area contributed by atoms with Gasteiger partial charge in [-0.15, -0.1) is 5.10 Å². The Labute approximate surface area is 268 Å². The summed E-state index contributed by atoms with van der Waals surface area (Å²) in [6.45, 7) is 6.05. The van der Waals surface area contributed by atoms with Crippen molar-refractivity contribution in [3.05, 3.63) is 82.4 Å². The predicted molar refractivity (Wildman–Crippen MR) is 164 cm³/mol. The Kier molecular flexibility index (Phi) is 10.3. The monoisotopic (exact) mass is 677 g/mol. The minimum atomic E-state index is -5.08. The molecule has 0 spiro atoms. The van der Waals surface area contributed by atoms with E-state index in [1.165, 1.54) is 4.31 Å². The lowest BCUT2D eigenvalue weighted by Gasteiger charge is -2.26. The lowest BCUT2D eigenvalue weighted by molar-refractivity contribution is -0.192. The average Bonchev–Trinajstić information content (AvgIpc) is 3.35. The summed E-state index contributed by atoms with van der Waals surface area (Å²) in [7, 11) is -2.05. The van der Waals surface area contributed by atoms with Crippen LogP contribution in [0.25, 0.3) is 11.0 Å². The minimum absolute atomic E-state index is 0.105. The molecule has 3 atom stereocenters. The molecule has 12 nitrogen and oxygen atoms in total. The maximum Gasteiger partial charge on any atom is 0.490 e. The van der Waals surface area contributed by atoms with Crippen LogP contribution >= 0.6 is 0 Å². The van der Waals surface area contributed by atoms with Crippen LogP contribution in [0.3, 0.4) is 0 Å². The van der Waals surface area contributed by atoms with E-state index in [1.807, 2.05) is 51.1 Å². The molecule has 0 bridgehead atoms. The fourth-order valence-electron chi connectivity index (χ4n) is 5.36. The van der Waals surface area contributed by atoms with Crippen molar-refractivity contribution in [3.8, 4) is 5.75 Å². The molecule has 1 aliphatic heterocycles. The largest absolute Gasteiger partial charge is 0.490 e. The van der Waals surface area contributed by atoms with E-state index in [4.69, 9.17) is 20.4 Å². The highest BCUT2D eigenvalue weighted by atomic mass is 32.2. The molecular formula is C31H34F3N5O7S. The molecule has 1 aliphatic rings. The molecule has 0 saturated carbocycles. The summed E-state index contributed by atoms with van der Waals surface area (Å²) in [6.07, 6.45) is -4.75. The second-order valence-electron chi connectivity index (χ2n) is 11.1. The SMILES string of the molecule is CC[C@@H]1CN(Cc2cc(C(c3ccc4c(nnn4C)c3C)C(N)C(=O)O)ccc2C)S(=O)(=O)c2ccccc2O1.O=C(O)C(F)(F)F. The number of carboxylic acids is 2. The maximum atomic E-state index is 13.7. The van der Waals surface area contributed by atoms with Crippen LogP contribution in [0.4, 0.5) is 13.2 Å². The number of carboxylic acid groups (broad SMARTS) is 2. The van der Waals surface area contributed by atoms with Gasteiger partial charge in [-0.05, 0) is 66.3 Å². The number of rotatable bonds is 7. The number of hydrogen-bond donors (Lipinski definition) is 3. The molecule has 0 saturated heterocycles. The van der Waals surface area contributed by atoms with Crippen LogP contribution in [0.2, 0.25) is 0 Å². The van der Waals surface area contributed by atoms with Crippen LogP contribution in [0.1, 0.15) is 47.1 Å². The highest BCUT2D eigenvalue weighted by molar-refractivity contribution is 7.89. The number of nitrogens with two attached hydrogens (primary N) is 1. The van der Waals surface area contributed by atoms with Gasteiger partial charge in [0.1, 0.15) is 28.3 Å².